The molecule has 7 heteroatoms. The fourth-order valence-electron chi connectivity index (χ4n) is 3.39. The van der Waals surface area contributed by atoms with E-state index in [1.165, 1.54) is 4.88 Å². The molecule has 0 fully saturated rings. The zero-order chi connectivity index (χ0) is 19.6. The fourth-order valence-corrected chi connectivity index (χ4v) is 5.14. The van der Waals surface area contributed by atoms with Gasteiger partial charge in [0.2, 0.25) is 5.91 Å². The highest BCUT2D eigenvalue weighted by atomic mass is 35.5. The minimum absolute atomic E-state index is 0.140. The molecule has 1 aromatic heterocycles. The summed E-state index contributed by atoms with van der Waals surface area (Å²) in [7, 11) is 1.85. The molecule has 142 valence electrons. The molecular formula is C20H21Cl2N3OS. The van der Waals surface area contributed by atoms with Crippen LogP contribution in [0.1, 0.15) is 34.9 Å². The van der Waals surface area contributed by atoms with Crippen LogP contribution in [0.4, 0.5) is 5.00 Å². The summed E-state index contributed by atoms with van der Waals surface area (Å²) >= 11 is 13.8. The van der Waals surface area contributed by atoms with Crippen molar-refractivity contribution in [3.8, 4) is 6.07 Å². The molecule has 1 atom stereocenters. The standard InChI is InChI=1S/C20H21Cl2N3OS/c1-12-6-7-14-15(9-23)20(27-17(14)8-12)24-18(26)11-25(2)10-13-4-3-5-16(21)19(13)22/h3-5,12H,6-8,10-11H2,1-2H3,(H,24,26)/t12-/m1/s1. The van der Waals surface area contributed by atoms with E-state index >= 15 is 0 Å². The molecule has 1 amide bonds. The Bertz CT molecular complexity index is 903. The molecule has 27 heavy (non-hydrogen) atoms. The van der Waals surface area contributed by atoms with Crippen LogP contribution in [0.15, 0.2) is 18.2 Å². The maximum absolute atomic E-state index is 12.5. The molecular weight excluding hydrogens is 401 g/mol. The molecule has 1 aliphatic rings. The quantitative estimate of drug-likeness (QED) is 0.728. The van der Waals surface area contributed by atoms with Crippen molar-refractivity contribution < 1.29 is 4.79 Å². The Balaban J connectivity index is 1.66. The molecule has 0 saturated heterocycles. The molecule has 3 rings (SSSR count). The highest BCUT2D eigenvalue weighted by Gasteiger charge is 2.24. The third-order valence-corrected chi connectivity index (χ3v) is 6.79. The number of thiophene rings is 1. The summed E-state index contributed by atoms with van der Waals surface area (Å²) in [5.74, 6) is 0.485. The number of amides is 1. The van der Waals surface area contributed by atoms with E-state index in [4.69, 9.17) is 23.2 Å². The summed E-state index contributed by atoms with van der Waals surface area (Å²) in [5, 5.41) is 14.2. The van der Waals surface area contributed by atoms with E-state index in [9.17, 15) is 10.1 Å². The third kappa shape index (κ3) is 4.64. The average molecular weight is 422 g/mol. The van der Waals surface area contributed by atoms with Crippen LogP contribution < -0.4 is 5.32 Å². The number of hydrogen-bond donors (Lipinski definition) is 1. The summed E-state index contributed by atoms with van der Waals surface area (Å²) < 4.78 is 0. The molecule has 1 heterocycles. The first-order valence-corrected chi connectivity index (χ1v) is 10.4. The highest BCUT2D eigenvalue weighted by molar-refractivity contribution is 7.16. The van der Waals surface area contributed by atoms with E-state index in [0.29, 0.717) is 33.1 Å². The van der Waals surface area contributed by atoms with Crippen LogP contribution in [-0.2, 0) is 24.2 Å². The molecule has 0 bridgehead atoms. The Morgan fingerprint density at radius 1 is 1.44 bits per heavy atom. The number of rotatable bonds is 5. The number of nitrogens with zero attached hydrogens (tertiary/aromatic N) is 2. The molecule has 0 saturated carbocycles. The van der Waals surface area contributed by atoms with Crippen molar-refractivity contribution in [2.45, 2.75) is 32.7 Å². The number of carbonyl (C=O) groups excluding carboxylic acids is 1. The van der Waals surface area contributed by atoms with Crippen molar-refractivity contribution in [1.29, 1.82) is 5.26 Å². The van der Waals surface area contributed by atoms with E-state index in [1.54, 1.807) is 17.4 Å². The summed E-state index contributed by atoms with van der Waals surface area (Å²) in [6.07, 6.45) is 2.99. The van der Waals surface area contributed by atoms with E-state index in [1.807, 2.05) is 24.1 Å². The van der Waals surface area contributed by atoms with Gasteiger partial charge in [0.15, 0.2) is 0 Å². The number of halogens is 2. The second kappa shape index (κ2) is 8.62. The molecule has 0 aliphatic heterocycles. The lowest BCUT2D eigenvalue weighted by molar-refractivity contribution is -0.117. The normalized spacial score (nSPS) is 16.1. The lowest BCUT2D eigenvalue weighted by atomic mass is 9.89. The number of anilines is 1. The van der Waals surface area contributed by atoms with Gasteiger partial charge in [-0.15, -0.1) is 11.3 Å². The van der Waals surface area contributed by atoms with Gasteiger partial charge in [0.05, 0.1) is 22.2 Å². The zero-order valence-electron chi connectivity index (χ0n) is 15.3. The minimum atomic E-state index is -0.140. The van der Waals surface area contributed by atoms with Crippen LogP contribution in [0.3, 0.4) is 0 Å². The monoisotopic (exact) mass is 421 g/mol. The number of benzene rings is 1. The molecule has 0 radical (unpaired) electrons. The van der Waals surface area contributed by atoms with Crippen molar-refractivity contribution in [3.05, 3.63) is 49.8 Å². The minimum Gasteiger partial charge on any atom is -0.315 e. The number of carbonyl (C=O) groups is 1. The first-order chi connectivity index (χ1) is 12.9. The van der Waals surface area contributed by atoms with Gasteiger partial charge in [-0.1, -0.05) is 42.3 Å². The summed E-state index contributed by atoms with van der Waals surface area (Å²) in [6.45, 7) is 2.94. The lowest BCUT2D eigenvalue weighted by Crippen LogP contribution is -2.29. The summed E-state index contributed by atoms with van der Waals surface area (Å²) in [4.78, 5) is 15.6. The van der Waals surface area contributed by atoms with Crippen molar-refractivity contribution in [1.82, 2.24) is 4.90 Å². The van der Waals surface area contributed by atoms with E-state index < -0.39 is 0 Å². The lowest BCUT2D eigenvalue weighted by Gasteiger charge is -2.17. The van der Waals surface area contributed by atoms with Gasteiger partial charge in [0.25, 0.3) is 0 Å². The Hall–Kier alpha value is -1.58. The SMILES string of the molecule is C[C@@H]1CCc2c(sc(NC(=O)CN(C)Cc3cccc(Cl)c3Cl)c2C#N)C1. The maximum Gasteiger partial charge on any atom is 0.239 e. The van der Waals surface area contributed by atoms with Gasteiger partial charge in [0.1, 0.15) is 11.1 Å². The molecule has 1 aliphatic carbocycles. The average Bonchev–Trinajstić information content (AvgIpc) is 2.94. The Labute approximate surface area is 173 Å². The summed E-state index contributed by atoms with van der Waals surface area (Å²) in [6, 6.07) is 7.75. The van der Waals surface area contributed by atoms with Gasteiger partial charge >= 0.3 is 0 Å². The topological polar surface area (TPSA) is 56.1 Å². The number of nitrogens with one attached hydrogen (secondary N) is 1. The van der Waals surface area contributed by atoms with E-state index in [-0.39, 0.29) is 12.5 Å². The van der Waals surface area contributed by atoms with Gasteiger partial charge < -0.3 is 5.32 Å². The van der Waals surface area contributed by atoms with Crippen LogP contribution in [0.2, 0.25) is 10.0 Å². The molecule has 1 aromatic carbocycles. The van der Waals surface area contributed by atoms with Crippen molar-refractivity contribution in [3.63, 3.8) is 0 Å². The molecule has 1 N–H and O–H groups in total. The van der Waals surface area contributed by atoms with Crippen LogP contribution >= 0.6 is 34.5 Å². The van der Waals surface area contributed by atoms with Gasteiger partial charge in [-0.2, -0.15) is 5.26 Å². The van der Waals surface area contributed by atoms with Crippen molar-refractivity contribution in [2.75, 3.05) is 18.9 Å². The van der Waals surface area contributed by atoms with Crippen LogP contribution in [-0.4, -0.2) is 24.4 Å². The third-order valence-electron chi connectivity index (χ3n) is 4.76. The first-order valence-electron chi connectivity index (χ1n) is 8.85. The Morgan fingerprint density at radius 3 is 2.96 bits per heavy atom. The fraction of sp³-hybridized carbons (Fsp3) is 0.400. The number of nitriles is 1. The first kappa shape index (κ1) is 20.2. The largest absolute Gasteiger partial charge is 0.315 e. The maximum atomic E-state index is 12.5. The van der Waals surface area contributed by atoms with E-state index in [0.717, 1.165) is 30.4 Å². The van der Waals surface area contributed by atoms with Crippen LogP contribution in [0.25, 0.3) is 0 Å². The smallest absolute Gasteiger partial charge is 0.239 e. The zero-order valence-corrected chi connectivity index (χ0v) is 17.6. The van der Waals surface area contributed by atoms with E-state index in [2.05, 4.69) is 18.3 Å². The van der Waals surface area contributed by atoms with Gasteiger partial charge in [-0.05, 0) is 49.4 Å². The second-order valence-corrected chi connectivity index (χ2v) is 8.99. The number of likely N-dealkylation sites (N-methyl/N-ethyl adjacent to an activating group) is 1. The van der Waals surface area contributed by atoms with Gasteiger partial charge in [-0.25, -0.2) is 0 Å². The molecule has 0 spiro atoms. The predicted octanol–water partition coefficient (Wildman–Crippen LogP) is 5.12. The Kier molecular flexibility index (Phi) is 6.44. The second-order valence-electron chi connectivity index (χ2n) is 7.10. The van der Waals surface area contributed by atoms with Crippen molar-refractivity contribution in [2.24, 2.45) is 5.92 Å². The highest BCUT2D eigenvalue weighted by Crippen LogP contribution is 2.39. The van der Waals surface area contributed by atoms with Gasteiger partial charge in [0, 0.05) is 11.4 Å². The van der Waals surface area contributed by atoms with Crippen LogP contribution in [0, 0.1) is 17.2 Å². The van der Waals surface area contributed by atoms with Crippen molar-refractivity contribution >= 4 is 45.4 Å². The van der Waals surface area contributed by atoms with Gasteiger partial charge in [-0.3, -0.25) is 9.69 Å². The predicted molar refractivity (Wildman–Crippen MR) is 112 cm³/mol. The molecule has 4 nitrogen and oxygen atoms in total. The molecule has 0 unspecified atom stereocenters. The summed E-state index contributed by atoms with van der Waals surface area (Å²) in [5.41, 5.74) is 2.63. The number of hydrogen-bond acceptors (Lipinski definition) is 4. The molecule has 2 aromatic rings. The van der Waals surface area contributed by atoms with Crippen LogP contribution in [0.5, 0.6) is 0 Å². The Morgan fingerprint density at radius 2 is 2.22 bits per heavy atom. The number of fused-ring (bicyclic) bond motifs is 1.